The Morgan fingerprint density at radius 3 is 2.47 bits per heavy atom. The summed E-state index contributed by atoms with van der Waals surface area (Å²) in [7, 11) is 0. The zero-order valence-electron chi connectivity index (χ0n) is 11.3. The van der Waals surface area contributed by atoms with Crippen LogP contribution in [0.25, 0.3) is 0 Å². The van der Waals surface area contributed by atoms with Gasteiger partial charge in [-0.25, -0.2) is 0 Å². The van der Waals surface area contributed by atoms with E-state index in [2.05, 4.69) is 15.8 Å². The lowest BCUT2D eigenvalue weighted by molar-refractivity contribution is 0.102. The average Bonchev–Trinajstić information content (AvgIpc) is 2.72. The fourth-order valence-corrected chi connectivity index (χ4v) is 1.65. The van der Waals surface area contributed by atoms with Crippen LogP contribution in [-0.4, -0.2) is 17.6 Å². The van der Waals surface area contributed by atoms with Crippen molar-refractivity contribution >= 4 is 17.5 Å². The van der Waals surface area contributed by atoms with E-state index in [0.29, 0.717) is 11.4 Å². The Balaban J connectivity index is 2.09. The third-order valence-electron chi connectivity index (χ3n) is 2.91. The molecular weight excluding hydrogens is 242 g/mol. The number of aromatic nitrogens is 1. The van der Waals surface area contributed by atoms with Gasteiger partial charge in [-0.05, 0) is 45.0 Å². The van der Waals surface area contributed by atoms with Gasteiger partial charge in [0.25, 0.3) is 5.91 Å². The molecule has 0 saturated carbocycles. The van der Waals surface area contributed by atoms with Crippen LogP contribution in [0, 0.1) is 13.8 Å². The topological polar surface area (TPSA) is 67.2 Å². The molecule has 1 aromatic heterocycles. The number of hydrogen-bond acceptors (Lipinski definition) is 4. The molecule has 1 aromatic carbocycles. The minimum absolute atomic E-state index is 0.206. The molecule has 0 bridgehead atoms. The standard InChI is InChI=1S/C14H17N3O2/c1-4-15-12-7-5-11(6-8-12)13(18)16-14-9(2)10(3)17-19-14/h5-8,15H,4H2,1-3H3,(H,16,18). The number of rotatable bonds is 4. The number of anilines is 2. The van der Waals surface area contributed by atoms with Crippen LogP contribution < -0.4 is 10.6 Å². The van der Waals surface area contributed by atoms with Gasteiger partial charge in [0, 0.05) is 23.4 Å². The molecule has 0 atom stereocenters. The molecule has 2 rings (SSSR count). The lowest BCUT2D eigenvalue weighted by Crippen LogP contribution is -2.12. The van der Waals surface area contributed by atoms with E-state index in [1.165, 1.54) is 0 Å². The zero-order valence-corrected chi connectivity index (χ0v) is 11.3. The summed E-state index contributed by atoms with van der Waals surface area (Å²) in [5.41, 5.74) is 3.19. The van der Waals surface area contributed by atoms with Crippen molar-refractivity contribution in [2.24, 2.45) is 0 Å². The van der Waals surface area contributed by atoms with Gasteiger partial charge >= 0.3 is 0 Å². The van der Waals surface area contributed by atoms with Crippen molar-refractivity contribution in [2.75, 3.05) is 17.2 Å². The maximum atomic E-state index is 12.0. The third kappa shape index (κ3) is 2.93. The van der Waals surface area contributed by atoms with Crippen molar-refractivity contribution in [3.63, 3.8) is 0 Å². The second kappa shape index (κ2) is 5.56. The maximum absolute atomic E-state index is 12.0. The predicted molar refractivity (Wildman–Crippen MR) is 74.5 cm³/mol. The van der Waals surface area contributed by atoms with Crippen LogP contribution in [-0.2, 0) is 0 Å². The van der Waals surface area contributed by atoms with Gasteiger partial charge in [-0.15, -0.1) is 0 Å². The van der Waals surface area contributed by atoms with E-state index in [4.69, 9.17) is 4.52 Å². The largest absolute Gasteiger partial charge is 0.385 e. The molecule has 0 unspecified atom stereocenters. The minimum Gasteiger partial charge on any atom is -0.385 e. The summed E-state index contributed by atoms with van der Waals surface area (Å²) in [5.74, 6) is 0.195. The van der Waals surface area contributed by atoms with Gasteiger partial charge in [0.05, 0.1) is 5.69 Å². The Labute approximate surface area is 112 Å². The first-order chi connectivity index (χ1) is 9.11. The highest BCUT2D eigenvalue weighted by Crippen LogP contribution is 2.18. The van der Waals surface area contributed by atoms with Crippen molar-refractivity contribution in [1.29, 1.82) is 0 Å². The number of aryl methyl sites for hydroxylation is 1. The molecule has 0 spiro atoms. The first kappa shape index (κ1) is 13.1. The lowest BCUT2D eigenvalue weighted by atomic mass is 10.2. The van der Waals surface area contributed by atoms with E-state index >= 15 is 0 Å². The van der Waals surface area contributed by atoms with E-state index in [9.17, 15) is 4.79 Å². The summed E-state index contributed by atoms with van der Waals surface area (Å²) in [4.78, 5) is 12.0. The third-order valence-corrected chi connectivity index (χ3v) is 2.91. The summed E-state index contributed by atoms with van der Waals surface area (Å²) in [6.45, 7) is 6.56. The van der Waals surface area contributed by atoms with E-state index in [-0.39, 0.29) is 5.91 Å². The number of nitrogens with zero attached hydrogens (tertiary/aromatic N) is 1. The van der Waals surface area contributed by atoms with Gasteiger partial charge in [0.1, 0.15) is 0 Å². The van der Waals surface area contributed by atoms with Crippen molar-refractivity contribution in [3.05, 3.63) is 41.1 Å². The SMILES string of the molecule is CCNc1ccc(C(=O)Nc2onc(C)c2C)cc1. The molecule has 0 saturated heterocycles. The molecule has 5 nitrogen and oxygen atoms in total. The molecule has 0 aliphatic rings. The Bertz CT molecular complexity index is 573. The Kier molecular flexibility index (Phi) is 3.85. The zero-order chi connectivity index (χ0) is 13.8. The number of benzene rings is 1. The molecule has 19 heavy (non-hydrogen) atoms. The molecule has 1 heterocycles. The summed E-state index contributed by atoms with van der Waals surface area (Å²) < 4.78 is 5.06. The molecular formula is C14H17N3O2. The Morgan fingerprint density at radius 2 is 1.95 bits per heavy atom. The lowest BCUT2D eigenvalue weighted by Gasteiger charge is -2.05. The molecule has 2 N–H and O–H groups in total. The van der Waals surface area contributed by atoms with E-state index in [1.807, 2.05) is 32.9 Å². The summed E-state index contributed by atoms with van der Waals surface area (Å²) >= 11 is 0. The van der Waals surface area contributed by atoms with Crippen molar-refractivity contribution in [3.8, 4) is 0 Å². The van der Waals surface area contributed by atoms with Crippen molar-refractivity contribution in [1.82, 2.24) is 5.16 Å². The van der Waals surface area contributed by atoms with E-state index in [1.54, 1.807) is 12.1 Å². The highest BCUT2D eigenvalue weighted by atomic mass is 16.5. The highest BCUT2D eigenvalue weighted by molar-refractivity contribution is 6.04. The predicted octanol–water partition coefficient (Wildman–Crippen LogP) is 2.98. The average molecular weight is 259 g/mol. The molecule has 1 amide bonds. The number of carbonyl (C=O) groups is 1. The van der Waals surface area contributed by atoms with Crippen LogP contribution in [0.3, 0.4) is 0 Å². The van der Waals surface area contributed by atoms with Crippen molar-refractivity contribution < 1.29 is 9.32 Å². The van der Waals surface area contributed by atoms with Crippen LogP contribution in [0.5, 0.6) is 0 Å². The van der Waals surface area contributed by atoms with Crippen LogP contribution in [0.2, 0.25) is 0 Å². The molecule has 0 aliphatic heterocycles. The minimum atomic E-state index is -0.206. The normalized spacial score (nSPS) is 10.3. The molecule has 0 radical (unpaired) electrons. The second-order valence-corrected chi connectivity index (χ2v) is 4.28. The Hall–Kier alpha value is -2.30. The maximum Gasteiger partial charge on any atom is 0.258 e. The monoisotopic (exact) mass is 259 g/mol. The van der Waals surface area contributed by atoms with E-state index in [0.717, 1.165) is 23.5 Å². The Morgan fingerprint density at radius 1 is 1.26 bits per heavy atom. The van der Waals surface area contributed by atoms with Crippen LogP contribution in [0.4, 0.5) is 11.6 Å². The van der Waals surface area contributed by atoms with Gasteiger partial charge in [0.15, 0.2) is 0 Å². The van der Waals surface area contributed by atoms with E-state index < -0.39 is 0 Å². The molecule has 2 aromatic rings. The molecule has 0 fully saturated rings. The van der Waals surface area contributed by atoms with Crippen LogP contribution in [0.1, 0.15) is 28.5 Å². The molecule has 5 heteroatoms. The number of hydrogen-bond donors (Lipinski definition) is 2. The van der Waals surface area contributed by atoms with Gasteiger partial charge in [-0.2, -0.15) is 0 Å². The van der Waals surface area contributed by atoms with Crippen molar-refractivity contribution in [2.45, 2.75) is 20.8 Å². The first-order valence-corrected chi connectivity index (χ1v) is 6.20. The smallest absolute Gasteiger partial charge is 0.258 e. The molecule has 100 valence electrons. The van der Waals surface area contributed by atoms with Gasteiger partial charge in [-0.3, -0.25) is 10.1 Å². The molecule has 0 aliphatic carbocycles. The fourth-order valence-electron chi connectivity index (χ4n) is 1.65. The van der Waals surface area contributed by atoms with Gasteiger partial charge in [-0.1, -0.05) is 5.16 Å². The first-order valence-electron chi connectivity index (χ1n) is 6.20. The van der Waals surface area contributed by atoms with Gasteiger partial charge < -0.3 is 9.84 Å². The highest BCUT2D eigenvalue weighted by Gasteiger charge is 2.13. The van der Waals surface area contributed by atoms with Crippen LogP contribution >= 0.6 is 0 Å². The number of carbonyl (C=O) groups excluding carboxylic acids is 1. The summed E-state index contributed by atoms with van der Waals surface area (Å²) in [6.07, 6.45) is 0. The summed E-state index contributed by atoms with van der Waals surface area (Å²) in [6, 6.07) is 7.28. The number of nitrogens with one attached hydrogen (secondary N) is 2. The van der Waals surface area contributed by atoms with Crippen LogP contribution in [0.15, 0.2) is 28.8 Å². The second-order valence-electron chi connectivity index (χ2n) is 4.28. The van der Waals surface area contributed by atoms with Gasteiger partial charge in [0.2, 0.25) is 5.88 Å². The fraction of sp³-hybridized carbons (Fsp3) is 0.286. The number of amides is 1. The quantitative estimate of drug-likeness (QED) is 0.885. The summed E-state index contributed by atoms with van der Waals surface area (Å²) in [5, 5.41) is 9.69.